The summed E-state index contributed by atoms with van der Waals surface area (Å²) in [5.74, 6) is 3.57. The van der Waals surface area contributed by atoms with Gasteiger partial charge in [-0.3, -0.25) is 9.59 Å². The van der Waals surface area contributed by atoms with E-state index in [2.05, 4.69) is 20.4 Å². The van der Waals surface area contributed by atoms with Crippen molar-refractivity contribution in [2.45, 2.75) is 91.6 Å². The highest BCUT2D eigenvalue weighted by molar-refractivity contribution is 5.67. The molecule has 0 saturated heterocycles. The minimum atomic E-state index is -0.242. The fourth-order valence-corrected chi connectivity index (χ4v) is 8.35. The van der Waals surface area contributed by atoms with Crippen LogP contribution >= 0.6 is 0 Å². The van der Waals surface area contributed by atoms with Gasteiger partial charge in [0.25, 0.3) is 0 Å². The minimum Gasteiger partial charge on any atom is -0.463 e. The Labute approximate surface area is 175 Å². The van der Waals surface area contributed by atoms with E-state index in [-0.39, 0.29) is 23.5 Å². The van der Waals surface area contributed by atoms with Gasteiger partial charge in [-0.05, 0) is 92.3 Å². The number of rotatable bonds is 3. The van der Waals surface area contributed by atoms with E-state index in [1.165, 1.54) is 52.4 Å². The Kier molecular flexibility index (Phi) is 5.36. The summed E-state index contributed by atoms with van der Waals surface area (Å²) >= 11 is 0. The van der Waals surface area contributed by atoms with Crippen molar-refractivity contribution < 1.29 is 19.1 Å². The first-order valence-electron chi connectivity index (χ1n) is 11.7. The third-order valence-electron chi connectivity index (χ3n) is 9.61. The maximum absolute atomic E-state index is 11.5. The summed E-state index contributed by atoms with van der Waals surface area (Å²) in [6.45, 7) is 12.1. The van der Waals surface area contributed by atoms with Gasteiger partial charge in [0.05, 0.1) is 0 Å². The summed E-state index contributed by atoms with van der Waals surface area (Å²) < 4.78 is 11.0. The van der Waals surface area contributed by atoms with Crippen LogP contribution in [0.3, 0.4) is 0 Å². The number of carbonyl (C=O) groups is 2. The number of hydrogen-bond donors (Lipinski definition) is 0. The largest absolute Gasteiger partial charge is 0.463 e. The predicted molar refractivity (Wildman–Crippen MR) is 112 cm³/mol. The van der Waals surface area contributed by atoms with E-state index in [1.54, 1.807) is 0 Å². The average Bonchev–Trinajstić information content (AvgIpc) is 2.98. The fraction of sp³-hybridized carbons (Fsp3) is 0.840. The Morgan fingerprint density at radius 3 is 2.24 bits per heavy atom. The van der Waals surface area contributed by atoms with Crippen molar-refractivity contribution in [3.05, 3.63) is 12.3 Å². The lowest BCUT2D eigenvalue weighted by Gasteiger charge is -2.61. The second kappa shape index (κ2) is 7.42. The summed E-state index contributed by atoms with van der Waals surface area (Å²) in [5.41, 5.74) is 0.595. The van der Waals surface area contributed by atoms with Crippen molar-refractivity contribution in [3.8, 4) is 0 Å². The first kappa shape index (κ1) is 20.9. The molecule has 4 aliphatic rings. The zero-order chi connectivity index (χ0) is 21.0. The predicted octanol–water partition coefficient (Wildman–Crippen LogP) is 5.65. The lowest BCUT2D eigenvalue weighted by atomic mass is 9.44. The zero-order valence-corrected chi connectivity index (χ0v) is 18.7. The molecule has 0 spiro atoms. The van der Waals surface area contributed by atoms with Crippen LogP contribution in [0.2, 0.25) is 0 Å². The third-order valence-corrected chi connectivity index (χ3v) is 9.61. The lowest BCUT2D eigenvalue weighted by Crippen LogP contribution is -2.54. The highest BCUT2D eigenvalue weighted by atomic mass is 16.5. The molecular formula is C25H38O4. The molecule has 8 unspecified atom stereocenters. The smallest absolute Gasteiger partial charge is 0.307 e. The van der Waals surface area contributed by atoms with E-state index in [0.717, 1.165) is 31.1 Å². The molecule has 162 valence electrons. The van der Waals surface area contributed by atoms with Crippen molar-refractivity contribution in [2.24, 2.45) is 40.4 Å². The molecule has 4 nitrogen and oxygen atoms in total. The highest BCUT2D eigenvalue weighted by Gasteiger charge is 2.60. The second-order valence-electron chi connectivity index (χ2n) is 10.9. The van der Waals surface area contributed by atoms with Gasteiger partial charge in [-0.1, -0.05) is 20.4 Å². The van der Waals surface area contributed by atoms with Crippen LogP contribution in [0.4, 0.5) is 0 Å². The van der Waals surface area contributed by atoms with E-state index in [1.807, 2.05) is 0 Å². The van der Waals surface area contributed by atoms with Crippen molar-refractivity contribution in [3.63, 3.8) is 0 Å². The van der Waals surface area contributed by atoms with Crippen LogP contribution in [0.5, 0.6) is 0 Å². The molecule has 0 aromatic rings. The van der Waals surface area contributed by atoms with E-state index in [0.29, 0.717) is 28.9 Å². The van der Waals surface area contributed by atoms with Crippen LogP contribution in [-0.4, -0.2) is 18.0 Å². The lowest BCUT2D eigenvalue weighted by molar-refractivity contribution is -0.160. The molecule has 0 aliphatic heterocycles. The highest BCUT2D eigenvalue weighted by Crippen LogP contribution is 2.68. The van der Waals surface area contributed by atoms with E-state index in [4.69, 9.17) is 9.47 Å². The third kappa shape index (κ3) is 3.45. The van der Waals surface area contributed by atoms with E-state index < -0.39 is 0 Å². The Bertz CT molecular complexity index is 699. The molecule has 0 radical (unpaired) electrons. The molecule has 0 aromatic heterocycles. The van der Waals surface area contributed by atoms with E-state index >= 15 is 0 Å². The molecule has 4 fully saturated rings. The normalized spacial score (nSPS) is 46.1. The Morgan fingerprint density at radius 2 is 1.55 bits per heavy atom. The number of hydrogen-bond acceptors (Lipinski definition) is 4. The Morgan fingerprint density at radius 1 is 0.862 bits per heavy atom. The van der Waals surface area contributed by atoms with Gasteiger partial charge in [0, 0.05) is 19.8 Å². The van der Waals surface area contributed by atoms with Crippen LogP contribution in [0.15, 0.2) is 12.3 Å². The summed E-state index contributed by atoms with van der Waals surface area (Å²) in [6.07, 6.45) is 10.7. The van der Waals surface area contributed by atoms with Gasteiger partial charge in [-0.25, -0.2) is 0 Å². The molecule has 8 atom stereocenters. The fourth-order valence-electron chi connectivity index (χ4n) is 8.35. The van der Waals surface area contributed by atoms with Crippen LogP contribution in [-0.2, 0) is 19.1 Å². The quantitative estimate of drug-likeness (QED) is 0.452. The van der Waals surface area contributed by atoms with Gasteiger partial charge in [-0.2, -0.15) is 0 Å². The zero-order valence-electron chi connectivity index (χ0n) is 18.7. The molecule has 4 saturated carbocycles. The number of fused-ring (bicyclic) bond motifs is 5. The topological polar surface area (TPSA) is 52.6 Å². The maximum atomic E-state index is 11.5. The summed E-state index contributed by atoms with van der Waals surface area (Å²) in [5, 5.41) is 0. The first-order valence-corrected chi connectivity index (χ1v) is 11.7. The number of esters is 2. The van der Waals surface area contributed by atoms with E-state index in [9.17, 15) is 9.59 Å². The standard InChI is InChI=1S/C25H38O4/c1-15(28-16(2)26)21-8-9-22-20-7-6-18-14-19(29-17(3)27)10-12-24(18,4)23(20)11-13-25(21,22)5/h18-23H,1,6-14H2,2-5H3. The molecule has 0 amide bonds. The van der Waals surface area contributed by atoms with Crippen molar-refractivity contribution in [1.82, 2.24) is 0 Å². The molecule has 4 rings (SSSR count). The summed E-state index contributed by atoms with van der Waals surface area (Å²) in [6, 6.07) is 0. The van der Waals surface area contributed by atoms with Gasteiger partial charge in [-0.15, -0.1) is 0 Å². The van der Waals surface area contributed by atoms with Crippen molar-refractivity contribution in [2.75, 3.05) is 0 Å². The monoisotopic (exact) mass is 402 g/mol. The van der Waals surface area contributed by atoms with Gasteiger partial charge in [0.2, 0.25) is 0 Å². The Balaban J connectivity index is 1.51. The number of allylic oxidation sites excluding steroid dienone is 1. The van der Waals surface area contributed by atoms with Crippen LogP contribution in [0.25, 0.3) is 0 Å². The molecule has 4 aliphatic carbocycles. The van der Waals surface area contributed by atoms with Gasteiger partial charge in [0.1, 0.15) is 11.9 Å². The molecule has 0 aromatic carbocycles. The number of carbonyl (C=O) groups excluding carboxylic acids is 2. The summed E-state index contributed by atoms with van der Waals surface area (Å²) in [4.78, 5) is 22.9. The minimum absolute atomic E-state index is 0.124. The van der Waals surface area contributed by atoms with Gasteiger partial charge < -0.3 is 9.47 Å². The first-order chi connectivity index (χ1) is 13.6. The summed E-state index contributed by atoms with van der Waals surface area (Å²) in [7, 11) is 0. The Hall–Kier alpha value is -1.32. The average molecular weight is 403 g/mol. The van der Waals surface area contributed by atoms with Gasteiger partial charge >= 0.3 is 11.9 Å². The van der Waals surface area contributed by atoms with Crippen molar-refractivity contribution >= 4 is 11.9 Å². The maximum Gasteiger partial charge on any atom is 0.307 e. The molecule has 0 heterocycles. The molecule has 4 heteroatoms. The molecular weight excluding hydrogens is 364 g/mol. The molecule has 0 N–H and O–H groups in total. The SMILES string of the molecule is C=C(OC(C)=O)C1CCC2C3CCC4CC(OC(C)=O)CCC4(C)C3CCC12C. The van der Waals surface area contributed by atoms with Crippen LogP contribution in [0.1, 0.15) is 85.5 Å². The molecule has 29 heavy (non-hydrogen) atoms. The second-order valence-corrected chi connectivity index (χ2v) is 10.9. The molecule has 0 bridgehead atoms. The van der Waals surface area contributed by atoms with Crippen LogP contribution < -0.4 is 0 Å². The van der Waals surface area contributed by atoms with Crippen LogP contribution in [0, 0.1) is 40.4 Å². The van der Waals surface area contributed by atoms with Crippen molar-refractivity contribution in [1.29, 1.82) is 0 Å². The number of ether oxygens (including phenoxy) is 2. The van der Waals surface area contributed by atoms with Gasteiger partial charge in [0.15, 0.2) is 0 Å².